The first-order valence-corrected chi connectivity index (χ1v) is 7.89. The highest BCUT2D eigenvalue weighted by Crippen LogP contribution is 2.15. The van der Waals surface area contributed by atoms with Crippen LogP contribution in [-0.4, -0.2) is 32.0 Å². The van der Waals surface area contributed by atoms with Gasteiger partial charge in [-0.15, -0.1) is 0 Å². The second-order valence-corrected chi connectivity index (χ2v) is 5.65. The van der Waals surface area contributed by atoms with Crippen LogP contribution >= 0.6 is 0 Å². The van der Waals surface area contributed by atoms with Crippen molar-refractivity contribution in [2.24, 2.45) is 0 Å². The van der Waals surface area contributed by atoms with Gasteiger partial charge in [0, 0.05) is 37.3 Å². The Morgan fingerprint density at radius 1 is 1.26 bits per heavy atom. The molecule has 2 heterocycles. The van der Waals surface area contributed by atoms with Gasteiger partial charge < -0.3 is 5.32 Å². The van der Waals surface area contributed by atoms with E-state index in [0.29, 0.717) is 19.5 Å². The molecular weight excluding hydrogens is 290 g/mol. The molecule has 3 aromatic rings. The van der Waals surface area contributed by atoms with Gasteiger partial charge in [0.1, 0.15) is 0 Å². The summed E-state index contributed by atoms with van der Waals surface area (Å²) in [7, 11) is 0. The maximum absolute atomic E-state index is 11.9. The van der Waals surface area contributed by atoms with Crippen molar-refractivity contribution in [3.8, 4) is 0 Å². The molecule has 0 aliphatic carbocycles. The molecule has 3 rings (SSSR count). The Balaban J connectivity index is 1.43. The number of rotatable bonds is 7. The lowest BCUT2D eigenvalue weighted by Gasteiger charge is -2.06. The third-order valence-electron chi connectivity index (χ3n) is 3.79. The summed E-state index contributed by atoms with van der Waals surface area (Å²) in [6.07, 6.45) is 6.84. The zero-order valence-electron chi connectivity index (χ0n) is 13.3. The smallest absolute Gasteiger partial charge is 0.221 e. The maximum Gasteiger partial charge on any atom is 0.221 e. The minimum Gasteiger partial charge on any atom is -0.356 e. The molecule has 0 atom stereocenters. The number of nitrogens with one attached hydrogen (secondary N) is 1. The predicted molar refractivity (Wildman–Crippen MR) is 88.9 cm³/mol. The van der Waals surface area contributed by atoms with Gasteiger partial charge in [0.05, 0.1) is 18.3 Å². The van der Waals surface area contributed by atoms with Gasteiger partial charge in [-0.2, -0.15) is 10.2 Å². The molecule has 0 bridgehead atoms. The Kier molecular flexibility index (Phi) is 4.71. The number of carbonyl (C=O) groups excluding carboxylic acids is 1. The standard InChI is InChI=1S/C17H21N5O/c1-14-4-5-16-15(12-14)13-20-22(16)11-6-17(23)18-7-2-9-21-10-3-8-19-21/h3-5,8,10,12-13H,2,6-7,9,11H2,1H3,(H,18,23). The normalized spacial score (nSPS) is 11.0. The molecule has 0 aliphatic heterocycles. The van der Waals surface area contributed by atoms with Gasteiger partial charge in [-0.25, -0.2) is 0 Å². The SMILES string of the molecule is Cc1ccc2c(cnn2CCC(=O)NCCCn2cccn2)c1. The number of fused-ring (bicyclic) bond motifs is 1. The molecule has 23 heavy (non-hydrogen) atoms. The highest BCUT2D eigenvalue weighted by Gasteiger charge is 2.06. The molecule has 120 valence electrons. The van der Waals surface area contributed by atoms with E-state index in [1.165, 1.54) is 5.56 Å². The number of aryl methyl sites for hydroxylation is 3. The monoisotopic (exact) mass is 311 g/mol. The largest absolute Gasteiger partial charge is 0.356 e. The van der Waals surface area contributed by atoms with Crippen molar-refractivity contribution in [2.75, 3.05) is 6.54 Å². The first-order chi connectivity index (χ1) is 11.2. The van der Waals surface area contributed by atoms with Gasteiger partial charge in [0.2, 0.25) is 5.91 Å². The summed E-state index contributed by atoms with van der Waals surface area (Å²) in [5, 5.41) is 12.6. The molecule has 0 spiro atoms. The fraction of sp³-hybridized carbons (Fsp3) is 0.353. The molecular formula is C17H21N5O. The Bertz CT molecular complexity index is 775. The lowest BCUT2D eigenvalue weighted by molar-refractivity contribution is -0.121. The fourth-order valence-electron chi connectivity index (χ4n) is 2.58. The zero-order chi connectivity index (χ0) is 16.1. The molecule has 0 fully saturated rings. The first kappa shape index (κ1) is 15.3. The summed E-state index contributed by atoms with van der Waals surface area (Å²) in [5.74, 6) is 0.0567. The van der Waals surface area contributed by atoms with Gasteiger partial charge >= 0.3 is 0 Å². The van der Waals surface area contributed by atoms with Crippen molar-refractivity contribution < 1.29 is 4.79 Å². The van der Waals surface area contributed by atoms with Crippen LogP contribution in [-0.2, 0) is 17.9 Å². The third-order valence-corrected chi connectivity index (χ3v) is 3.79. The van der Waals surface area contributed by atoms with Crippen molar-refractivity contribution in [1.82, 2.24) is 24.9 Å². The number of benzene rings is 1. The average molecular weight is 311 g/mol. The number of carbonyl (C=O) groups is 1. The molecule has 6 heteroatoms. The van der Waals surface area contributed by atoms with Crippen molar-refractivity contribution in [3.05, 3.63) is 48.4 Å². The van der Waals surface area contributed by atoms with Crippen LogP contribution in [0.3, 0.4) is 0 Å². The van der Waals surface area contributed by atoms with Crippen LogP contribution in [0.15, 0.2) is 42.9 Å². The summed E-state index contributed by atoms with van der Waals surface area (Å²) in [6.45, 7) is 4.14. The predicted octanol–water partition coefficient (Wildman–Crippen LogP) is 2.14. The molecule has 0 radical (unpaired) electrons. The van der Waals surface area contributed by atoms with Gasteiger partial charge in [-0.05, 0) is 31.5 Å². The number of hydrogen-bond acceptors (Lipinski definition) is 3. The average Bonchev–Trinajstić information content (AvgIpc) is 3.19. The summed E-state index contributed by atoms with van der Waals surface area (Å²) >= 11 is 0. The van der Waals surface area contributed by atoms with E-state index < -0.39 is 0 Å². The fourth-order valence-corrected chi connectivity index (χ4v) is 2.58. The van der Waals surface area contributed by atoms with Crippen molar-refractivity contribution in [1.29, 1.82) is 0 Å². The van der Waals surface area contributed by atoms with Crippen LogP contribution in [0, 0.1) is 6.92 Å². The molecule has 2 aromatic heterocycles. The van der Waals surface area contributed by atoms with Gasteiger partial charge in [0.25, 0.3) is 0 Å². The Morgan fingerprint density at radius 2 is 2.17 bits per heavy atom. The highest BCUT2D eigenvalue weighted by molar-refractivity contribution is 5.80. The Labute approximate surface area is 135 Å². The van der Waals surface area contributed by atoms with Crippen LogP contribution in [0.2, 0.25) is 0 Å². The van der Waals surface area contributed by atoms with E-state index in [0.717, 1.165) is 23.9 Å². The summed E-state index contributed by atoms with van der Waals surface area (Å²) in [5.41, 5.74) is 2.29. The topological polar surface area (TPSA) is 64.7 Å². The molecule has 6 nitrogen and oxygen atoms in total. The molecule has 0 saturated carbocycles. The Morgan fingerprint density at radius 3 is 3.00 bits per heavy atom. The van der Waals surface area contributed by atoms with Crippen molar-refractivity contribution in [3.63, 3.8) is 0 Å². The molecule has 1 aromatic carbocycles. The van der Waals surface area contributed by atoms with Crippen LogP contribution in [0.4, 0.5) is 0 Å². The summed E-state index contributed by atoms with van der Waals surface area (Å²) in [4.78, 5) is 11.9. The maximum atomic E-state index is 11.9. The minimum absolute atomic E-state index is 0.0567. The van der Waals surface area contributed by atoms with Crippen molar-refractivity contribution >= 4 is 16.8 Å². The quantitative estimate of drug-likeness (QED) is 0.680. The van der Waals surface area contributed by atoms with E-state index in [2.05, 4.69) is 40.6 Å². The van der Waals surface area contributed by atoms with E-state index in [1.807, 2.05) is 27.8 Å². The summed E-state index contributed by atoms with van der Waals surface area (Å²) in [6, 6.07) is 8.12. The Hall–Kier alpha value is -2.63. The third kappa shape index (κ3) is 3.97. The lowest BCUT2D eigenvalue weighted by Crippen LogP contribution is -2.26. The van der Waals surface area contributed by atoms with Crippen LogP contribution < -0.4 is 5.32 Å². The van der Waals surface area contributed by atoms with Crippen molar-refractivity contribution in [2.45, 2.75) is 32.9 Å². The van der Waals surface area contributed by atoms with E-state index >= 15 is 0 Å². The number of amides is 1. The molecule has 1 amide bonds. The van der Waals surface area contributed by atoms with Gasteiger partial charge in [-0.3, -0.25) is 14.2 Å². The van der Waals surface area contributed by atoms with Crippen LogP contribution in [0.5, 0.6) is 0 Å². The number of aromatic nitrogens is 4. The van der Waals surface area contributed by atoms with E-state index in [-0.39, 0.29) is 5.91 Å². The number of hydrogen-bond donors (Lipinski definition) is 1. The van der Waals surface area contributed by atoms with Gasteiger partial charge in [0.15, 0.2) is 0 Å². The number of nitrogens with zero attached hydrogens (tertiary/aromatic N) is 4. The second-order valence-electron chi connectivity index (χ2n) is 5.65. The van der Waals surface area contributed by atoms with E-state index in [4.69, 9.17) is 0 Å². The van der Waals surface area contributed by atoms with Crippen LogP contribution in [0.25, 0.3) is 10.9 Å². The molecule has 0 saturated heterocycles. The van der Waals surface area contributed by atoms with Crippen LogP contribution in [0.1, 0.15) is 18.4 Å². The lowest BCUT2D eigenvalue weighted by atomic mass is 10.2. The molecule has 1 N–H and O–H groups in total. The minimum atomic E-state index is 0.0567. The van der Waals surface area contributed by atoms with E-state index in [1.54, 1.807) is 6.20 Å². The molecule has 0 aliphatic rings. The second kappa shape index (κ2) is 7.09. The summed E-state index contributed by atoms with van der Waals surface area (Å²) < 4.78 is 3.75. The highest BCUT2D eigenvalue weighted by atomic mass is 16.1. The zero-order valence-corrected chi connectivity index (χ0v) is 13.3. The van der Waals surface area contributed by atoms with E-state index in [9.17, 15) is 4.79 Å². The first-order valence-electron chi connectivity index (χ1n) is 7.89. The molecule has 0 unspecified atom stereocenters. The van der Waals surface area contributed by atoms with Gasteiger partial charge in [-0.1, -0.05) is 11.6 Å².